The summed E-state index contributed by atoms with van der Waals surface area (Å²) in [4.78, 5) is 18.5. The van der Waals surface area contributed by atoms with Crippen LogP contribution in [0, 0.1) is 0 Å². The molecule has 0 aromatic carbocycles. The Kier molecular flexibility index (Phi) is 5.35. The molecule has 0 bridgehead atoms. The van der Waals surface area contributed by atoms with Crippen molar-refractivity contribution in [2.75, 3.05) is 31.1 Å². The van der Waals surface area contributed by atoms with E-state index in [0.717, 1.165) is 38.2 Å². The maximum atomic E-state index is 12.1. The minimum atomic E-state index is -0.0815. The Balaban J connectivity index is 1.96. The number of ether oxygens (including phenoxy) is 1. The summed E-state index contributed by atoms with van der Waals surface area (Å²) < 4.78 is 5.50. The van der Waals surface area contributed by atoms with Gasteiger partial charge in [-0.05, 0) is 32.8 Å². The Bertz CT molecular complexity index is 440. The Morgan fingerprint density at radius 1 is 1.45 bits per heavy atom. The van der Waals surface area contributed by atoms with Crippen LogP contribution in [0.25, 0.3) is 0 Å². The Morgan fingerprint density at radius 3 is 2.90 bits per heavy atom. The first kappa shape index (κ1) is 14.8. The highest BCUT2D eigenvalue weighted by Crippen LogP contribution is 2.15. The fourth-order valence-electron chi connectivity index (χ4n) is 2.43. The van der Waals surface area contributed by atoms with Gasteiger partial charge in [0.1, 0.15) is 0 Å². The van der Waals surface area contributed by atoms with Crippen molar-refractivity contribution in [3.8, 4) is 0 Å². The van der Waals surface area contributed by atoms with Crippen LogP contribution in [-0.2, 0) is 4.74 Å². The highest BCUT2D eigenvalue weighted by molar-refractivity contribution is 5.94. The zero-order valence-electron chi connectivity index (χ0n) is 12.3. The van der Waals surface area contributed by atoms with Gasteiger partial charge in [-0.15, -0.1) is 0 Å². The number of aromatic nitrogens is 1. The number of amides is 1. The maximum Gasteiger partial charge on any atom is 0.253 e. The lowest BCUT2D eigenvalue weighted by atomic mass is 10.2. The number of anilines is 1. The molecule has 1 aliphatic rings. The standard InChI is InChI=1S/C15H23N3O2/c1-3-18(4-2)13-8-12(9-16-10-13)15(19)17-11-14-6-5-7-20-14/h8-10,14H,3-7,11H2,1-2H3,(H,17,19). The number of hydrogen-bond donors (Lipinski definition) is 1. The Labute approximate surface area is 120 Å². The first-order valence-corrected chi connectivity index (χ1v) is 7.34. The van der Waals surface area contributed by atoms with Crippen LogP contribution < -0.4 is 10.2 Å². The molecule has 1 unspecified atom stereocenters. The molecule has 1 aliphatic heterocycles. The number of carbonyl (C=O) groups is 1. The predicted octanol–water partition coefficient (Wildman–Crippen LogP) is 1.84. The fourth-order valence-corrected chi connectivity index (χ4v) is 2.43. The van der Waals surface area contributed by atoms with Crippen molar-refractivity contribution < 1.29 is 9.53 Å². The Hall–Kier alpha value is -1.62. The van der Waals surface area contributed by atoms with Gasteiger partial charge in [0.25, 0.3) is 5.91 Å². The van der Waals surface area contributed by atoms with E-state index < -0.39 is 0 Å². The number of rotatable bonds is 6. The first-order chi connectivity index (χ1) is 9.74. The minimum absolute atomic E-state index is 0.0815. The summed E-state index contributed by atoms with van der Waals surface area (Å²) in [6, 6.07) is 1.89. The smallest absolute Gasteiger partial charge is 0.253 e. The van der Waals surface area contributed by atoms with Crippen LogP contribution in [-0.4, -0.2) is 43.2 Å². The summed E-state index contributed by atoms with van der Waals surface area (Å²) in [5.74, 6) is -0.0815. The monoisotopic (exact) mass is 277 g/mol. The third-order valence-corrected chi connectivity index (χ3v) is 3.63. The average Bonchev–Trinajstić information content (AvgIpc) is 3.00. The van der Waals surface area contributed by atoms with Gasteiger partial charge in [-0.1, -0.05) is 0 Å². The summed E-state index contributed by atoms with van der Waals surface area (Å²) in [7, 11) is 0. The third kappa shape index (κ3) is 3.70. The van der Waals surface area contributed by atoms with Crippen molar-refractivity contribution in [2.24, 2.45) is 0 Å². The van der Waals surface area contributed by atoms with E-state index in [-0.39, 0.29) is 12.0 Å². The van der Waals surface area contributed by atoms with Gasteiger partial charge in [0.2, 0.25) is 0 Å². The van der Waals surface area contributed by atoms with E-state index in [1.54, 1.807) is 12.4 Å². The molecule has 1 N–H and O–H groups in total. The number of nitrogens with zero attached hydrogens (tertiary/aromatic N) is 2. The number of carbonyl (C=O) groups excluding carboxylic acids is 1. The molecule has 5 nitrogen and oxygen atoms in total. The van der Waals surface area contributed by atoms with Gasteiger partial charge in [-0.25, -0.2) is 0 Å². The summed E-state index contributed by atoms with van der Waals surface area (Å²) in [5.41, 5.74) is 1.59. The molecule has 5 heteroatoms. The van der Waals surface area contributed by atoms with Gasteiger partial charge < -0.3 is 15.0 Å². The van der Waals surface area contributed by atoms with Crippen molar-refractivity contribution >= 4 is 11.6 Å². The summed E-state index contributed by atoms with van der Waals surface area (Å²) in [6.45, 7) is 7.37. The zero-order valence-corrected chi connectivity index (χ0v) is 12.3. The van der Waals surface area contributed by atoms with Crippen molar-refractivity contribution in [2.45, 2.75) is 32.8 Å². The predicted molar refractivity (Wildman–Crippen MR) is 79.1 cm³/mol. The van der Waals surface area contributed by atoms with Crippen LogP contribution in [0.2, 0.25) is 0 Å². The molecule has 1 fully saturated rings. The molecule has 2 rings (SSSR count). The summed E-state index contributed by atoms with van der Waals surface area (Å²) in [5, 5.41) is 2.92. The number of hydrogen-bond acceptors (Lipinski definition) is 4. The average molecular weight is 277 g/mol. The summed E-state index contributed by atoms with van der Waals surface area (Å²) >= 11 is 0. The molecule has 1 aromatic heterocycles. The molecule has 1 saturated heterocycles. The SMILES string of the molecule is CCN(CC)c1cncc(C(=O)NCC2CCCO2)c1. The molecule has 0 radical (unpaired) electrons. The molecule has 20 heavy (non-hydrogen) atoms. The largest absolute Gasteiger partial charge is 0.376 e. The number of nitrogens with one attached hydrogen (secondary N) is 1. The van der Waals surface area contributed by atoms with Gasteiger partial charge in [0.15, 0.2) is 0 Å². The summed E-state index contributed by atoms with van der Waals surface area (Å²) in [6.07, 6.45) is 5.68. The zero-order chi connectivity index (χ0) is 14.4. The van der Waals surface area contributed by atoms with Gasteiger partial charge in [0.05, 0.1) is 23.6 Å². The highest BCUT2D eigenvalue weighted by atomic mass is 16.5. The minimum Gasteiger partial charge on any atom is -0.376 e. The lowest BCUT2D eigenvalue weighted by molar-refractivity contribution is 0.0857. The van der Waals surface area contributed by atoms with Crippen molar-refractivity contribution in [3.63, 3.8) is 0 Å². The van der Waals surface area contributed by atoms with Gasteiger partial charge in [0, 0.05) is 32.4 Å². The molecule has 1 atom stereocenters. The normalized spacial score (nSPS) is 18.0. The van der Waals surface area contributed by atoms with Crippen LogP contribution >= 0.6 is 0 Å². The van der Waals surface area contributed by atoms with E-state index in [9.17, 15) is 4.79 Å². The molecular weight excluding hydrogens is 254 g/mol. The van der Waals surface area contributed by atoms with Crippen LogP contribution in [0.4, 0.5) is 5.69 Å². The second-order valence-electron chi connectivity index (χ2n) is 4.95. The third-order valence-electron chi connectivity index (χ3n) is 3.63. The van der Waals surface area contributed by atoms with E-state index in [1.165, 1.54) is 0 Å². The van der Waals surface area contributed by atoms with Crippen molar-refractivity contribution in [1.82, 2.24) is 10.3 Å². The van der Waals surface area contributed by atoms with E-state index in [2.05, 4.69) is 29.0 Å². The lowest BCUT2D eigenvalue weighted by Crippen LogP contribution is -2.32. The topological polar surface area (TPSA) is 54.5 Å². The Morgan fingerprint density at radius 2 is 2.25 bits per heavy atom. The molecular formula is C15H23N3O2. The van der Waals surface area contributed by atoms with Crippen molar-refractivity contribution in [1.29, 1.82) is 0 Å². The van der Waals surface area contributed by atoms with Crippen molar-refractivity contribution in [3.05, 3.63) is 24.0 Å². The van der Waals surface area contributed by atoms with E-state index in [4.69, 9.17) is 4.74 Å². The van der Waals surface area contributed by atoms with Gasteiger partial charge in [-0.2, -0.15) is 0 Å². The second-order valence-corrected chi connectivity index (χ2v) is 4.95. The molecule has 0 aliphatic carbocycles. The first-order valence-electron chi connectivity index (χ1n) is 7.34. The maximum absolute atomic E-state index is 12.1. The van der Waals surface area contributed by atoms with Crippen LogP contribution in [0.1, 0.15) is 37.0 Å². The van der Waals surface area contributed by atoms with Gasteiger partial charge >= 0.3 is 0 Å². The lowest BCUT2D eigenvalue weighted by Gasteiger charge is -2.21. The fraction of sp³-hybridized carbons (Fsp3) is 0.600. The quantitative estimate of drug-likeness (QED) is 0.862. The van der Waals surface area contributed by atoms with Gasteiger partial charge in [-0.3, -0.25) is 9.78 Å². The molecule has 1 amide bonds. The molecule has 0 saturated carbocycles. The molecule has 0 spiro atoms. The molecule has 110 valence electrons. The van der Waals surface area contributed by atoms with E-state index in [0.29, 0.717) is 12.1 Å². The van der Waals surface area contributed by atoms with Crippen LogP contribution in [0.5, 0.6) is 0 Å². The van der Waals surface area contributed by atoms with E-state index >= 15 is 0 Å². The van der Waals surface area contributed by atoms with Crippen LogP contribution in [0.3, 0.4) is 0 Å². The number of pyridine rings is 1. The molecule has 1 aromatic rings. The molecule has 2 heterocycles. The highest BCUT2D eigenvalue weighted by Gasteiger charge is 2.17. The van der Waals surface area contributed by atoms with Crippen LogP contribution in [0.15, 0.2) is 18.5 Å². The van der Waals surface area contributed by atoms with E-state index in [1.807, 2.05) is 6.07 Å². The second kappa shape index (κ2) is 7.24.